The third kappa shape index (κ3) is 3.70. The molecule has 1 aliphatic heterocycles. The Morgan fingerprint density at radius 3 is 2.56 bits per heavy atom. The summed E-state index contributed by atoms with van der Waals surface area (Å²) >= 11 is 0. The molecule has 2 aromatic heterocycles. The standard InChI is InChI=1S/C18H20N4O.ClH.H2O/c1-12-19-16-11-15(13-6-5-7-14(23)10-13)21-17(16)18(20-12)22-8-3-2-4-9-22;;/h5-7,10-11,21,23H,2-4,8-9H2,1H3;1H;1H2. The van der Waals surface area contributed by atoms with Crippen molar-refractivity contribution in [2.75, 3.05) is 18.0 Å². The molecule has 1 aliphatic rings. The van der Waals surface area contributed by atoms with Crippen molar-refractivity contribution < 1.29 is 10.6 Å². The van der Waals surface area contributed by atoms with Gasteiger partial charge in [-0.15, -0.1) is 12.4 Å². The smallest absolute Gasteiger partial charge is 0.156 e. The number of rotatable bonds is 2. The molecule has 4 N–H and O–H groups in total. The number of aromatic nitrogens is 3. The van der Waals surface area contributed by atoms with Crippen LogP contribution >= 0.6 is 12.4 Å². The number of phenolic OH excluding ortho intramolecular Hbond substituents is 1. The molecule has 0 atom stereocenters. The number of phenols is 1. The van der Waals surface area contributed by atoms with Gasteiger partial charge in [0.25, 0.3) is 0 Å². The number of piperidine rings is 1. The van der Waals surface area contributed by atoms with E-state index in [9.17, 15) is 5.11 Å². The van der Waals surface area contributed by atoms with Crippen LogP contribution in [0.15, 0.2) is 30.3 Å². The van der Waals surface area contributed by atoms with Crippen molar-refractivity contribution in [1.82, 2.24) is 15.0 Å². The first-order valence-electron chi connectivity index (χ1n) is 8.12. The minimum Gasteiger partial charge on any atom is -0.508 e. The van der Waals surface area contributed by atoms with Crippen LogP contribution < -0.4 is 4.90 Å². The maximum absolute atomic E-state index is 9.70. The topological polar surface area (TPSA) is 96.5 Å². The monoisotopic (exact) mass is 362 g/mol. The summed E-state index contributed by atoms with van der Waals surface area (Å²) in [5.74, 6) is 2.05. The van der Waals surface area contributed by atoms with Gasteiger partial charge in [-0.3, -0.25) is 0 Å². The average Bonchev–Trinajstić information content (AvgIpc) is 2.99. The molecule has 6 nitrogen and oxygen atoms in total. The molecule has 1 aromatic carbocycles. The van der Waals surface area contributed by atoms with Crippen LogP contribution in [-0.2, 0) is 0 Å². The zero-order valence-electron chi connectivity index (χ0n) is 14.1. The van der Waals surface area contributed by atoms with Gasteiger partial charge in [-0.25, -0.2) is 9.97 Å². The molecule has 4 rings (SSSR count). The van der Waals surface area contributed by atoms with Gasteiger partial charge in [0.2, 0.25) is 0 Å². The summed E-state index contributed by atoms with van der Waals surface area (Å²) in [7, 11) is 0. The summed E-state index contributed by atoms with van der Waals surface area (Å²) in [5.41, 5.74) is 3.81. The lowest BCUT2D eigenvalue weighted by Crippen LogP contribution is -2.30. The SMILES string of the molecule is Cc1nc(N2CCCCC2)c2[nH]c(-c3cccc(O)c3)cc2n1.Cl.O. The van der Waals surface area contributed by atoms with Crippen molar-refractivity contribution in [1.29, 1.82) is 0 Å². The second-order valence-electron chi connectivity index (χ2n) is 6.14. The third-order valence-corrected chi connectivity index (χ3v) is 4.38. The summed E-state index contributed by atoms with van der Waals surface area (Å²) in [6.07, 6.45) is 3.72. The molecule has 0 radical (unpaired) electrons. The van der Waals surface area contributed by atoms with Crippen molar-refractivity contribution in [2.45, 2.75) is 26.2 Å². The Morgan fingerprint density at radius 2 is 1.84 bits per heavy atom. The highest BCUT2D eigenvalue weighted by Crippen LogP contribution is 2.31. The summed E-state index contributed by atoms with van der Waals surface area (Å²) < 4.78 is 0. The largest absolute Gasteiger partial charge is 0.508 e. The number of anilines is 1. The van der Waals surface area contributed by atoms with Crippen LogP contribution in [-0.4, -0.2) is 38.6 Å². The van der Waals surface area contributed by atoms with Crippen molar-refractivity contribution in [3.63, 3.8) is 0 Å². The first-order chi connectivity index (χ1) is 11.2. The average molecular weight is 363 g/mol. The number of benzene rings is 1. The summed E-state index contributed by atoms with van der Waals surface area (Å²) in [6.45, 7) is 4.03. The maximum Gasteiger partial charge on any atom is 0.156 e. The fourth-order valence-corrected chi connectivity index (χ4v) is 3.27. The Hall–Kier alpha value is -2.31. The molecule has 25 heavy (non-hydrogen) atoms. The normalized spacial score (nSPS) is 14.0. The quantitative estimate of drug-likeness (QED) is 0.731. The molecule has 7 heteroatoms. The first-order valence-corrected chi connectivity index (χ1v) is 8.12. The van der Waals surface area contributed by atoms with E-state index in [0.29, 0.717) is 0 Å². The Morgan fingerprint density at radius 1 is 1.08 bits per heavy atom. The van der Waals surface area contributed by atoms with E-state index >= 15 is 0 Å². The van der Waals surface area contributed by atoms with Crippen LogP contribution in [0.3, 0.4) is 0 Å². The number of nitrogens with one attached hydrogen (secondary N) is 1. The van der Waals surface area contributed by atoms with Crippen molar-refractivity contribution in [3.05, 3.63) is 36.2 Å². The van der Waals surface area contributed by atoms with E-state index < -0.39 is 0 Å². The number of fused-ring (bicyclic) bond motifs is 1. The van der Waals surface area contributed by atoms with Gasteiger partial charge in [-0.2, -0.15) is 0 Å². The van der Waals surface area contributed by atoms with Crippen LogP contribution in [0.4, 0.5) is 5.82 Å². The summed E-state index contributed by atoms with van der Waals surface area (Å²) in [5, 5.41) is 9.70. The molecule has 134 valence electrons. The van der Waals surface area contributed by atoms with Crippen LogP contribution in [0.5, 0.6) is 5.75 Å². The summed E-state index contributed by atoms with van der Waals surface area (Å²) in [6, 6.07) is 9.29. The van der Waals surface area contributed by atoms with E-state index in [4.69, 9.17) is 0 Å². The van der Waals surface area contributed by atoms with Gasteiger partial charge in [0, 0.05) is 24.3 Å². The van der Waals surface area contributed by atoms with Gasteiger partial charge >= 0.3 is 0 Å². The molecule has 0 spiro atoms. The molecule has 1 saturated heterocycles. The lowest BCUT2D eigenvalue weighted by Gasteiger charge is -2.28. The molecular formula is C18H23ClN4O2. The molecular weight excluding hydrogens is 340 g/mol. The van der Waals surface area contributed by atoms with Crippen LogP contribution in [0, 0.1) is 6.92 Å². The number of H-pyrrole nitrogens is 1. The number of aryl methyl sites for hydroxylation is 1. The van der Waals surface area contributed by atoms with Crippen molar-refractivity contribution in [2.24, 2.45) is 0 Å². The fourth-order valence-electron chi connectivity index (χ4n) is 3.27. The molecule has 3 aromatic rings. The summed E-state index contributed by atoms with van der Waals surface area (Å²) in [4.78, 5) is 15.1. The van der Waals surface area contributed by atoms with E-state index in [2.05, 4.69) is 19.9 Å². The highest BCUT2D eigenvalue weighted by atomic mass is 35.5. The predicted molar refractivity (Wildman–Crippen MR) is 103 cm³/mol. The molecule has 0 amide bonds. The third-order valence-electron chi connectivity index (χ3n) is 4.38. The number of nitrogens with zero attached hydrogens (tertiary/aromatic N) is 3. The highest BCUT2D eigenvalue weighted by Gasteiger charge is 2.18. The fraction of sp³-hybridized carbons (Fsp3) is 0.333. The number of hydrogen-bond acceptors (Lipinski definition) is 4. The van der Waals surface area contributed by atoms with Crippen LogP contribution in [0.2, 0.25) is 0 Å². The number of halogens is 1. The maximum atomic E-state index is 9.70. The van der Waals surface area contributed by atoms with Gasteiger partial charge in [0.1, 0.15) is 17.1 Å². The second-order valence-corrected chi connectivity index (χ2v) is 6.14. The Balaban J connectivity index is 0.00000113. The molecule has 0 saturated carbocycles. The zero-order chi connectivity index (χ0) is 15.8. The highest BCUT2D eigenvalue weighted by molar-refractivity contribution is 5.91. The molecule has 3 heterocycles. The van der Waals surface area contributed by atoms with Gasteiger partial charge in [0.05, 0.1) is 5.52 Å². The van der Waals surface area contributed by atoms with Gasteiger partial charge in [0.15, 0.2) is 5.82 Å². The lowest BCUT2D eigenvalue weighted by molar-refractivity contribution is 0.475. The molecule has 0 aliphatic carbocycles. The Kier molecular flexibility index (Phi) is 5.87. The molecule has 0 bridgehead atoms. The van der Waals surface area contributed by atoms with E-state index in [1.807, 2.05) is 25.1 Å². The second kappa shape index (κ2) is 7.72. The number of aromatic hydroxyl groups is 1. The zero-order valence-corrected chi connectivity index (χ0v) is 14.9. The van der Waals surface area contributed by atoms with E-state index in [0.717, 1.165) is 47.0 Å². The molecule has 1 fully saturated rings. The van der Waals surface area contributed by atoms with Gasteiger partial charge in [-0.05, 0) is 44.4 Å². The Labute approximate surface area is 152 Å². The van der Waals surface area contributed by atoms with Gasteiger partial charge < -0.3 is 20.5 Å². The van der Waals surface area contributed by atoms with Gasteiger partial charge in [-0.1, -0.05) is 12.1 Å². The number of aromatic amines is 1. The predicted octanol–water partition coefficient (Wildman–Crippen LogP) is 3.23. The van der Waals surface area contributed by atoms with Crippen LogP contribution in [0.1, 0.15) is 25.1 Å². The Bertz CT molecular complexity index is 859. The van der Waals surface area contributed by atoms with Crippen molar-refractivity contribution >= 4 is 29.3 Å². The minimum atomic E-state index is 0. The minimum absolute atomic E-state index is 0. The van der Waals surface area contributed by atoms with Crippen LogP contribution in [0.25, 0.3) is 22.3 Å². The lowest BCUT2D eigenvalue weighted by atomic mass is 10.1. The molecule has 0 unspecified atom stereocenters. The van der Waals surface area contributed by atoms with E-state index in [1.54, 1.807) is 12.1 Å². The first kappa shape index (κ1) is 19.0. The number of hydrogen-bond donors (Lipinski definition) is 2. The van der Waals surface area contributed by atoms with E-state index in [1.165, 1.54) is 19.3 Å². The van der Waals surface area contributed by atoms with Crippen molar-refractivity contribution in [3.8, 4) is 17.0 Å². The van der Waals surface area contributed by atoms with E-state index in [-0.39, 0.29) is 23.6 Å².